The Bertz CT molecular complexity index is 688. The van der Waals surface area contributed by atoms with Gasteiger partial charge in [0.1, 0.15) is 6.10 Å². The number of likely N-dealkylation sites (N-methyl/N-ethyl adjacent to an activating group) is 1. The van der Waals surface area contributed by atoms with Gasteiger partial charge in [-0.1, -0.05) is 19.1 Å². The Hall–Kier alpha value is -1.52. The van der Waals surface area contributed by atoms with Crippen LogP contribution in [0.3, 0.4) is 0 Å². The van der Waals surface area contributed by atoms with Crippen molar-refractivity contribution in [1.29, 1.82) is 0 Å². The van der Waals surface area contributed by atoms with E-state index in [2.05, 4.69) is 31.5 Å². The van der Waals surface area contributed by atoms with Crippen LogP contribution in [0.25, 0.3) is 0 Å². The van der Waals surface area contributed by atoms with Crippen LogP contribution in [0.2, 0.25) is 0 Å². The van der Waals surface area contributed by atoms with Gasteiger partial charge in [-0.15, -0.1) is 6.58 Å². The minimum atomic E-state index is -0.467. The van der Waals surface area contributed by atoms with Gasteiger partial charge in [0, 0.05) is 17.5 Å². The molecule has 25 heavy (non-hydrogen) atoms. The third-order valence-electron chi connectivity index (χ3n) is 6.80. The SMILES string of the molecule is C=CCN(C)CC[C@@]12c3c4ccc(O)c3OC1[C@H](O)CCC2C(C)C4. The first-order valence-electron chi connectivity index (χ1n) is 9.48. The van der Waals surface area contributed by atoms with Crippen LogP contribution < -0.4 is 4.74 Å². The maximum atomic E-state index is 10.8. The Morgan fingerprint density at radius 1 is 1.40 bits per heavy atom. The van der Waals surface area contributed by atoms with Crippen LogP contribution in [0, 0.1) is 11.8 Å². The van der Waals surface area contributed by atoms with Gasteiger partial charge >= 0.3 is 0 Å². The highest BCUT2D eigenvalue weighted by Crippen LogP contribution is 2.62. The van der Waals surface area contributed by atoms with Crippen LogP contribution in [0.1, 0.15) is 37.3 Å². The molecule has 4 rings (SSSR count). The molecule has 1 aromatic carbocycles. The molecule has 2 N–H and O–H groups in total. The summed E-state index contributed by atoms with van der Waals surface area (Å²) in [4.78, 5) is 2.27. The maximum Gasteiger partial charge on any atom is 0.165 e. The van der Waals surface area contributed by atoms with E-state index in [4.69, 9.17) is 4.74 Å². The number of rotatable bonds is 5. The van der Waals surface area contributed by atoms with Crippen molar-refractivity contribution in [2.45, 2.75) is 50.2 Å². The predicted molar refractivity (Wildman–Crippen MR) is 98.1 cm³/mol. The molecule has 3 aliphatic rings. The van der Waals surface area contributed by atoms with Gasteiger partial charge in [0.2, 0.25) is 0 Å². The molecule has 1 fully saturated rings. The zero-order valence-electron chi connectivity index (χ0n) is 15.2. The Morgan fingerprint density at radius 3 is 2.96 bits per heavy atom. The number of aromatic hydroxyl groups is 1. The molecule has 0 saturated heterocycles. The number of hydrogen-bond donors (Lipinski definition) is 2. The summed E-state index contributed by atoms with van der Waals surface area (Å²) in [6.07, 6.45) is 5.00. The van der Waals surface area contributed by atoms with E-state index in [1.54, 1.807) is 6.07 Å². The summed E-state index contributed by atoms with van der Waals surface area (Å²) in [6.45, 7) is 7.95. The number of nitrogens with zero attached hydrogens (tertiary/aromatic N) is 1. The predicted octanol–water partition coefficient (Wildman–Crippen LogP) is 2.86. The molecule has 3 unspecified atom stereocenters. The smallest absolute Gasteiger partial charge is 0.165 e. The normalized spacial score (nSPS) is 35.4. The zero-order chi connectivity index (χ0) is 17.8. The number of ether oxygens (including phenoxy) is 1. The van der Waals surface area contributed by atoms with Crippen molar-refractivity contribution in [1.82, 2.24) is 4.90 Å². The molecule has 1 heterocycles. The molecule has 0 spiro atoms. The summed E-state index contributed by atoms with van der Waals surface area (Å²) in [5.74, 6) is 1.90. The number of hydrogen-bond acceptors (Lipinski definition) is 4. The molecule has 1 aromatic rings. The largest absolute Gasteiger partial charge is 0.504 e. The van der Waals surface area contributed by atoms with Crippen molar-refractivity contribution < 1.29 is 14.9 Å². The highest BCUT2D eigenvalue weighted by atomic mass is 16.5. The van der Waals surface area contributed by atoms with Gasteiger partial charge in [0.25, 0.3) is 0 Å². The first-order chi connectivity index (χ1) is 12.0. The molecule has 0 amide bonds. The Labute approximate surface area is 150 Å². The van der Waals surface area contributed by atoms with Crippen molar-refractivity contribution >= 4 is 0 Å². The van der Waals surface area contributed by atoms with Gasteiger partial charge < -0.3 is 19.8 Å². The summed E-state index contributed by atoms with van der Waals surface area (Å²) in [5, 5.41) is 21.2. The van der Waals surface area contributed by atoms with E-state index in [0.29, 0.717) is 17.6 Å². The summed E-state index contributed by atoms with van der Waals surface area (Å²) in [5.41, 5.74) is 2.29. The molecule has 2 aliphatic carbocycles. The minimum absolute atomic E-state index is 0.186. The monoisotopic (exact) mass is 343 g/mol. The highest BCUT2D eigenvalue weighted by Gasteiger charge is 2.62. The zero-order valence-corrected chi connectivity index (χ0v) is 15.2. The number of aliphatic hydroxyl groups is 1. The number of phenols is 1. The van der Waals surface area contributed by atoms with Gasteiger partial charge in [-0.2, -0.15) is 0 Å². The molecule has 0 bridgehead atoms. The Balaban J connectivity index is 1.82. The van der Waals surface area contributed by atoms with Gasteiger partial charge in [-0.25, -0.2) is 0 Å². The van der Waals surface area contributed by atoms with Crippen molar-refractivity contribution in [3.63, 3.8) is 0 Å². The number of aliphatic hydroxyl groups excluding tert-OH is 1. The summed E-state index contributed by atoms with van der Waals surface area (Å²) >= 11 is 0. The van der Waals surface area contributed by atoms with Crippen LogP contribution >= 0.6 is 0 Å². The van der Waals surface area contributed by atoms with Crippen molar-refractivity contribution in [3.8, 4) is 11.5 Å². The standard InChI is InChI=1S/C21H29NO3/c1-4-10-22(3)11-9-21-15-6-8-17(24)20(21)25-19-16(23)7-5-14(18(19)21)12-13(15)2/h4-5,7,13,15,17,20,23-24H,1,6,8-12H2,2-3H3/t13?,15?,17-,20?,21-/m1/s1. The van der Waals surface area contributed by atoms with E-state index in [1.807, 2.05) is 6.08 Å². The molecule has 0 radical (unpaired) electrons. The first kappa shape index (κ1) is 16.9. The van der Waals surface area contributed by atoms with Crippen LogP contribution in [-0.4, -0.2) is 47.5 Å². The van der Waals surface area contributed by atoms with E-state index in [1.165, 1.54) is 11.1 Å². The van der Waals surface area contributed by atoms with Crippen molar-refractivity contribution in [2.24, 2.45) is 11.8 Å². The maximum absolute atomic E-state index is 10.8. The molecule has 136 valence electrons. The summed E-state index contributed by atoms with van der Waals surface area (Å²) < 4.78 is 6.25. The van der Waals surface area contributed by atoms with E-state index < -0.39 is 6.10 Å². The number of phenolic OH excluding ortho intramolecular Hbond substituents is 1. The third kappa shape index (κ3) is 2.34. The molecule has 4 heteroatoms. The lowest BCUT2D eigenvalue weighted by atomic mass is 9.52. The van der Waals surface area contributed by atoms with Crippen molar-refractivity contribution in [3.05, 3.63) is 35.9 Å². The first-order valence-corrected chi connectivity index (χ1v) is 9.48. The molecule has 5 atom stereocenters. The fourth-order valence-corrected chi connectivity index (χ4v) is 5.79. The van der Waals surface area contributed by atoms with E-state index in [0.717, 1.165) is 38.8 Å². The van der Waals surface area contributed by atoms with Gasteiger partial charge in [0.05, 0.1) is 6.10 Å². The average Bonchev–Trinajstić information content (AvgIpc) is 2.94. The molecule has 0 aromatic heterocycles. The van der Waals surface area contributed by atoms with E-state index in [-0.39, 0.29) is 17.3 Å². The molecule has 4 nitrogen and oxygen atoms in total. The lowest BCUT2D eigenvalue weighted by molar-refractivity contribution is -0.0720. The third-order valence-corrected chi connectivity index (χ3v) is 6.80. The summed E-state index contributed by atoms with van der Waals surface area (Å²) in [7, 11) is 2.11. The van der Waals surface area contributed by atoms with Crippen LogP contribution in [0.5, 0.6) is 11.5 Å². The van der Waals surface area contributed by atoms with Crippen LogP contribution in [0.4, 0.5) is 0 Å². The molecule has 1 saturated carbocycles. The van der Waals surface area contributed by atoms with Gasteiger partial charge in [-0.3, -0.25) is 0 Å². The van der Waals surface area contributed by atoms with E-state index in [9.17, 15) is 10.2 Å². The fraction of sp³-hybridized carbons (Fsp3) is 0.619. The molecule has 1 aliphatic heterocycles. The highest BCUT2D eigenvalue weighted by molar-refractivity contribution is 5.59. The second-order valence-corrected chi connectivity index (χ2v) is 8.26. The lowest BCUT2D eigenvalue weighted by Crippen LogP contribution is -2.58. The Morgan fingerprint density at radius 2 is 2.20 bits per heavy atom. The van der Waals surface area contributed by atoms with Crippen molar-refractivity contribution in [2.75, 3.05) is 20.1 Å². The van der Waals surface area contributed by atoms with Crippen LogP contribution in [-0.2, 0) is 11.8 Å². The van der Waals surface area contributed by atoms with Crippen LogP contribution in [0.15, 0.2) is 24.8 Å². The van der Waals surface area contributed by atoms with Gasteiger partial charge in [-0.05, 0) is 62.7 Å². The molecular weight excluding hydrogens is 314 g/mol. The average molecular weight is 343 g/mol. The second kappa shape index (κ2) is 6.03. The minimum Gasteiger partial charge on any atom is -0.504 e. The summed E-state index contributed by atoms with van der Waals surface area (Å²) in [6, 6.07) is 3.81. The number of benzene rings is 1. The second-order valence-electron chi connectivity index (χ2n) is 8.26. The van der Waals surface area contributed by atoms with Gasteiger partial charge in [0.15, 0.2) is 11.5 Å². The molecular formula is C21H29NO3. The fourth-order valence-electron chi connectivity index (χ4n) is 5.79. The Kier molecular flexibility index (Phi) is 4.08. The van der Waals surface area contributed by atoms with E-state index >= 15 is 0 Å². The topological polar surface area (TPSA) is 52.9 Å². The lowest BCUT2D eigenvalue weighted by Gasteiger charge is -2.52. The quantitative estimate of drug-likeness (QED) is 0.807.